The minimum Gasteiger partial charge on any atom is -0.347 e. The van der Waals surface area contributed by atoms with Crippen LogP contribution in [0.2, 0.25) is 0 Å². The highest BCUT2D eigenvalue weighted by Crippen LogP contribution is 2.19. The van der Waals surface area contributed by atoms with E-state index in [0.29, 0.717) is 18.0 Å². The summed E-state index contributed by atoms with van der Waals surface area (Å²) in [5.41, 5.74) is 0. The zero-order chi connectivity index (χ0) is 14.0. The number of rotatable bonds is 4. The number of imidazole rings is 1. The Kier molecular flexibility index (Phi) is 3.58. The largest absolute Gasteiger partial charge is 0.347 e. The molecule has 9 heteroatoms. The van der Waals surface area contributed by atoms with Crippen molar-refractivity contribution >= 4 is 10.0 Å². The van der Waals surface area contributed by atoms with Gasteiger partial charge in [0.1, 0.15) is 10.7 Å². The number of hydrogen-bond acceptors (Lipinski definition) is 3. The van der Waals surface area contributed by atoms with Gasteiger partial charge in [-0.1, -0.05) is 0 Å². The highest BCUT2D eigenvalue weighted by molar-refractivity contribution is 7.89. The maximum atomic E-state index is 13.4. The Hall–Kier alpha value is -1.87. The van der Waals surface area contributed by atoms with Crippen LogP contribution in [0, 0.1) is 17.5 Å². The fraction of sp³-hybridized carbons (Fsp3) is 0.100. The zero-order valence-corrected chi connectivity index (χ0v) is 10.1. The van der Waals surface area contributed by atoms with Crippen LogP contribution >= 0.6 is 0 Å². The summed E-state index contributed by atoms with van der Waals surface area (Å²) < 4.78 is 64.5. The Morgan fingerprint density at radius 1 is 1.21 bits per heavy atom. The van der Waals surface area contributed by atoms with Crippen molar-refractivity contribution in [1.29, 1.82) is 0 Å². The van der Waals surface area contributed by atoms with Gasteiger partial charge in [-0.15, -0.1) is 0 Å². The van der Waals surface area contributed by atoms with E-state index in [1.54, 1.807) is 0 Å². The first-order chi connectivity index (χ1) is 8.92. The second-order valence-corrected chi connectivity index (χ2v) is 5.27. The number of aromatic amines is 1. The van der Waals surface area contributed by atoms with Crippen molar-refractivity contribution in [2.24, 2.45) is 0 Å². The van der Waals surface area contributed by atoms with Crippen molar-refractivity contribution in [2.45, 2.75) is 11.4 Å². The summed E-state index contributed by atoms with van der Waals surface area (Å²) in [5.74, 6) is -4.75. The number of benzene rings is 1. The van der Waals surface area contributed by atoms with Crippen LogP contribution in [0.1, 0.15) is 5.82 Å². The summed E-state index contributed by atoms with van der Waals surface area (Å²) in [5, 5.41) is 0. The molecule has 0 saturated carbocycles. The third-order valence-corrected chi connectivity index (χ3v) is 3.69. The predicted octanol–water partition coefficient (Wildman–Crippen LogP) is 1.31. The average molecular weight is 291 g/mol. The third kappa shape index (κ3) is 2.76. The van der Waals surface area contributed by atoms with E-state index in [0.717, 1.165) is 0 Å². The van der Waals surface area contributed by atoms with E-state index in [-0.39, 0.29) is 6.54 Å². The minimum atomic E-state index is -4.30. The minimum absolute atomic E-state index is 0.228. The van der Waals surface area contributed by atoms with Gasteiger partial charge in [0.05, 0.1) is 6.54 Å². The molecule has 0 radical (unpaired) electrons. The monoisotopic (exact) mass is 291 g/mol. The van der Waals surface area contributed by atoms with Crippen LogP contribution in [0.15, 0.2) is 29.4 Å². The Morgan fingerprint density at radius 3 is 2.58 bits per heavy atom. The molecule has 0 saturated heterocycles. The number of aromatic nitrogens is 2. The Labute approximate surface area is 106 Å². The Bertz CT molecular complexity index is 686. The molecule has 0 bridgehead atoms. The first kappa shape index (κ1) is 13.6. The Balaban J connectivity index is 2.27. The molecular formula is C10H8F3N3O2S. The van der Waals surface area contributed by atoms with E-state index in [1.165, 1.54) is 12.4 Å². The number of sulfonamides is 1. The summed E-state index contributed by atoms with van der Waals surface area (Å²) in [4.78, 5) is 5.43. The van der Waals surface area contributed by atoms with Gasteiger partial charge in [0.15, 0.2) is 17.5 Å². The fourth-order valence-corrected chi connectivity index (χ4v) is 2.41. The average Bonchev–Trinajstić information content (AvgIpc) is 2.86. The van der Waals surface area contributed by atoms with E-state index in [2.05, 4.69) is 9.97 Å². The lowest BCUT2D eigenvalue weighted by molar-refractivity contribution is 0.431. The van der Waals surface area contributed by atoms with Gasteiger partial charge in [0.25, 0.3) is 0 Å². The molecule has 102 valence electrons. The van der Waals surface area contributed by atoms with Crippen LogP contribution in [0.5, 0.6) is 0 Å². The van der Waals surface area contributed by atoms with Crippen LogP contribution in [0.4, 0.5) is 13.2 Å². The van der Waals surface area contributed by atoms with Crippen molar-refractivity contribution < 1.29 is 21.6 Å². The Morgan fingerprint density at radius 2 is 1.95 bits per heavy atom. The lowest BCUT2D eigenvalue weighted by atomic mass is 10.3. The van der Waals surface area contributed by atoms with E-state index < -0.39 is 32.4 Å². The van der Waals surface area contributed by atoms with Gasteiger partial charge in [0, 0.05) is 12.4 Å². The molecule has 2 rings (SSSR count). The molecule has 1 heterocycles. The SMILES string of the molecule is O=S(=O)(NCc1ncc[nH]1)c1ccc(F)c(F)c1F. The zero-order valence-electron chi connectivity index (χ0n) is 9.32. The first-order valence-corrected chi connectivity index (χ1v) is 6.51. The van der Waals surface area contributed by atoms with Gasteiger partial charge in [-0.2, -0.15) is 0 Å². The van der Waals surface area contributed by atoms with E-state index >= 15 is 0 Å². The summed E-state index contributed by atoms with van der Waals surface area (Å²) in [7, 11) is -4.30. The van der Waals surface area contributed by atoms with Crippen LogP contribution in [-0.2, 0) is 16.6 Å². The summed E-state index contributed by atoms with van der Waals surface area (Å²) in [6.07, 6.45) is 2.88. The molecule has 2 aromatic rings. The second-order valence-electron chi connectivity index (χ2n) is 3.53. The van der Waals surface area contributed by atoms with Crippen LogP contribution in [0.25, 0.3) is 0 Å². The van der Waals surface area contributed by atoms with Gasteiger partial charge >= 0.3 is 0 Å². The van der Waals surface area contributed by atoms with Crippen LogP contribution in [-0.4, -0.2) is 18.4 Å². The molecule has 1 aromatic carbocycles. The lowest BCUT2D eigenvalue weighted by Gasteiger charge is -2.07. The first-order valence-electron chi connectivity index (χ1n) is 5.03. The van der Waals surface area contributed by atoms with E-state index in [4.69, 9.17) is 0 Å². The standard InChI is InChI=1S/C10H8F3N3O2S/c11-6-1-2-7(10(13)9(6)12)19(17,18)16-5-8-14-3-4-15-8/h1-4,16H,5H2,(H,14,15). The van der Waals surface area contributed by atoms with Gasteiger partial charge in [0.2, 0.25) is 10.0 Å². The molecule has 19 heavy (non-hydrogen) atoms. The summed E-state index contributed by atoms with van der Waals surface area (Å²) in [6.45, 7) is -0.228. The summed E-state index contributed by atoms with van der Waals surface area (Å²) in [6, 6.07) is 1.19. The second kappa shape index (κ2) is 5.02. The molecule has 5 nitrogen and oxygen atoms in total. The molecule has 0 aliphatic rings. The van der Waals surface area contributed by atoms with E-state index in [9.17, 15) is 21.6 Å². The smallest absolute Gasteiger partial charge is 0.244 e. The highest BCUT2D eigenvalue weighted by atomic mass is 32.2. The van der Waals surface area contributed by atoms with Crippen LogP contribution < -0.4 is 4.72 Å². The number of H-pyrrole nitrogens is 1. The molecule has 0 fully saturated rings. The van der Waals surface area contributed by atoms with Crippen molar-refractivity contribution in [3.8, 4) is 0 Å². The molecule has 1 aromatic heterocycles. The van der Waals surface area contributed by atoms with Gasteiger partial charge in [-0.25, -0.2) is 31.3 Å². The van der Waals surface area contributed by atoms with Crippen molar-refractivity contribution in [1.82, 2.24) is 14.7 Å². The molecule has 0 unspecified atom stereocenters. The lowest BCUT2D eigenvalue weighted by Crippen LogP contribution is -2.25. The summed E-state index contributed by atoms with van der Waals surface area (Å²) >= 11 is 0. The third-order valence-electron chi connectivity index (χ3n) is 2.27. The number of hydrogen-bond donors (Lipinski definition) is 2. The maximum absolute atomic E-state index is 13.4. The number of nitrogens with one attached hydrogen (secondary N) is 2. The van der Waals surface area contributed by atoms with Crippen molar-refractivity contribution in [3.05, 3.63) is 47.8 Å². The number of nitrogens with zero attached hydrogens (tertiary/aromatic N) is 1. The molecular weight excluding hydrogens is 283 g/mol. The van der Waals surface area contributed by atoms with Gasteiger partial charge in [-0.3, -0.25) is 0 Å². The normalized spacial score (nSPS) is 11.7. The van der Waals surface area contributed by atoms with E-state index in [1.807, 2.05) is 4.72 Å². The number of halogens is 3. The molecule has 0 spiro atoms. The topological polar surface area (TPSA) is 74.8 Å². The highest BCUT2D eigenvalue weighted by Gasteiger charge is 2.23. The molecule has 0 aliphatic heterocycles. The van der Waals surface area contributed by atoms with Crippen molar-refractivity contribution in [2.75, 3.05) is 0 Å². The van der Waals surface area contributed by atoms with Gasteiger partial charge in [-0.05, 0) is 12.1 Å². The molecule has 2 N–H and O–H groups in total. The van der Waals surface area contributed by atoms with Gasteiger partial charge < -0.3 is 4.98 Å². The van der Waals surface area contributed by atoms with Crippen molar-refractivity contribution in [3.63, 3.8) is 0 Å². The maximum Gasteiger partial charge on any atom is 0.244 e. The molecule has 0 aliphatic carbocycles. The predicted molar refractivity (Wildman–Crippen MR) is 58.9 cm³/mol. The molecule has 0 atom stereocenters. The fourth-order valence-electron chi connectivity index (χ4n) is 1.35. The van der Waals surface area contributed by atoms with Crippen LogP contribution in [0.3, 0.4) is 0 Å². The quantitative estimate of drug-likeness (QED) is 0.834. The molecule has 0 amide bonds.